The van der Waals surface area contributed by atoms with Crippen molar-refractivity contribution in [2.75, 3.05) is 31.2 Å². The van der Waals surface area contributed by atoms with E-state index < -0.39 is 5.82 Å². The summed E-state index contributed by atoms with van der Waals surface area (Å²) in [6.07, 6.45) is 7.41. The van der Waals surface area contributed by atoms with E-state index in [1.54, 1.807) is 6.20 Å². The van der Waals surface area contributed by atoms with Crippen LogP contribution < -0.4 is 4.90 Å². The number of morpholine rings is 1. The Morgan fingerprint density at radius 2 is 2.15 bits per heavy atom. The highest BCUT2D eigenvalue weighted by Crippen LogP contribution is 2.41. The van der Waals surface area contributed by atoms with E-state index in [-0.39, 0.29) is 5.60 Å². The summed E-state index contributed by atoms with van der Waals surface area (Å²) in [7, 11) is 0. The van der Waals surface area contributed by atoms with Crippen molar-refractivity contribution < 1.29 is 13.9 Å². The monoisotopic (exact) mass is 358 g/mol. The van der Waals surface area contributed by atoms with Crippen LogP contribution in [0, 0.1) is 11.7 Å². The summed E-state index contributed by atoms with van der Waals surface area (Å²) in [5.41, 5.74) is 0.700. The highest BCUT2D eigenvalue weighted by molar-refractivity contribution is 5.31. The van der Waals surface area contributed by atoms with E-state index in [1.807, 2.05) is 18.2 Å². The molecule has 0 N–H and O–H groups in total. The predicted molar refractivity (Wildman–Crippen MR) is 94.1 cm³/mol. The number of halogens is 1. The van der Waals surface area contributed by atoms with E-state index in [0.29, 0.717) is 31.7 Å². The van der Waals surface area contributed by atoms with Crippen LogP contribution in [-0.4, -0.2) is 46.9 Å². The topological polar surface area (TPSA) is 60.4 Å². The lowest BCUT2D eigenvalue weighted by atomic mass is 9.89. The molecule has 4 rings (SSSR count). The molecule has 1 aliphatic heterocycles. The Balaban J connectivity index is 1.39. The molecule has 1 saturated heterocycles. The fraction of sp³-hybridized carbons (Fsp3) is 0.526. The van der Waals surface area contributed by atoms with Crippen molar-refractivity contribution >= 4 is 5.95 Å². The maximum atomic E-state index is 13.1. The molecule has 0 unspecified atom stereocenters. The molecular weight excluding hydrogens is 335 g/mol. The first-order chi connectivity index (χ1) is 12.8. The van der Waals surface area contributed by atoms with Gasteiger partial charge in [0.15, 0.2) is 5.82 Å². The van der Waals surface area contributed by atoms with Gasteiger partial charge in [-0.15, -0.1) is 0 Å². The largest absolute Gasteiger partial charge is 0.375 e. The number of anilines is 1. The van der Waals surface area contributed by atoms with Crippen molar-refractivity contribution in [3.05, 3.63) is 48.3 Å². The minimum absolute atomic E-state index is 0.236. The van der Waals surface area contributed by atoms with Crippen molar-refractivity contribution in [1.82, 2.24) is 15.0 Å². The molecule has 1 saturated carbocycles. The third kappa shape index (κ3) is 3.68. The Hall–Kier alpha value is -2.12. The van der Waals surface area contributed by atoms with Gasteiger partial charge in [0.05, 0.1) is 50.1 Å². The van der Waals surface area contributed by atoms with E-state index in [0.717, 1.165) is 38.0 Å². The third-order valence-electron chi connectivity index (χ3n) is 5.29. The van der Waals surface area contributed by atoms with Crippen LogP contribution in [-0.2, 0) is 16.1 Å². The zero-order valence-corrected chi connectivity index (χ0v) is 14.7. The quantitative estimate of drug-likeness (QED) is 0.819. The molecule has 2 aromatic heterocycles. The number of aromatic nitrogens is 3. The predicted octanol–water partition coefficient (Wildman–Crippen LogP) is 2.60. The van der Waals surface area contributed by atoms with E-state index in [4.69, 9.17) is 9.47 Å². The van der Waals surface area contributed by atoms with Gasteiger partial charge in [0.1, 0.15) is 0 Å². The Kier molecular flexibility index (Phi) is 5.08. The van der Waals surface area contributed by atoms with Gasteiger partial charge >= 0.3 is 0 Å². The second-order valence-corrected chi connectivity index (χ2v) is 6.96. The number of pyridine rings is 1. The number of ether oxygens (including phenoxy) is 2. The highest BCUT2D eigenvalue weighted by Gasteiger charge is 2.47. The number of hydrogen-bond donors (Lipinski definition) is 0. The zero-order chi connectivity index (χ0) is 17.8. The molecular formula is C19H23FN4O2. The van der Waals surface area contributed by atoms with Crippen LogP contribution in [0.5, 0.6) is 0 Å². The minimum Gasteiger partial charge on any atom is -0.375 e. The van der Waals surface area contributed by atoms with Gasteiger partial charge in [0.25, 0.3) is 0 Å². The fourth-order valence-corrected chi connectivity index (χ4v) is 3.98. The summed E-state index contributed by atoms with van der Waals surface area (Å²) in [6.45, 7) is 3.22. The van der Waals surface area contributed by atoms with Crippen molar-refractivity contribution in [2.45, 2.75) is 31.5 Å². The first-order valence-electron chi connectivity index (χ1n) is 9.09. The smallest absolute Gasteiger partial charge is 0.225 e. The lowest BCUT2D eigenvalue weighted by Gasteiger charge is -2.44. The molecule has 26 heavy (non-hydrogen) atoms. The van der Waals surface area contributed by atoms with Gasteiger partial charge in [-0.2, -0.15) is 0 Å². The summed E-state index contributed by atoms with van der Waals surface area (Å²) >= 11 is 0. The SMILES string of the molecule is Fc1cnc(N2CCO[C@]3(CCC[C@H]3COCc3ccccn3)C2)nc1. The Morgan fingerprint density at radius 1 is 1.27 bits per heavy atom. The molecule has 6 nitrogen and oxygen atoms in total. The summed E-state index contributed by atoms with van der Waals surface area (Å²) < 4.78 is 25.3. The van der Waals surface area contributed by atoms with Gasteiger partial charge < -0.3 is 14.4 Å². The average Bonchev–Trinajstić information content (AvgIpc) is 3.05. The Labute approximate surface area is 152 Å². The van der Waals surface area contributed by atoms with Gasteiger partial charge in [0, 0.05) is 18.7 Å². The van der Waals surface area contributed by atoms with Crippen molar-refractivity contribution in [1.29, 1.82) is 0 Å². The second-order valence-electron chi connectivity index (χ2n) is 6.96. The van der Waals surface area contributed by atoms with E-state index >= 15 is 0 Å². The average molecular weight is 358 g/mol. The van der Waals surface area contributed by atoms with Crippen molar-refractivity contribution in [3.63, 3.8) is 0 Å². The number of rotatable bonds is 5. The number of nitrogens with zero attached hydrogens (tertiary/aromatic N) is 4. The normalized spacial score (nSPS) is 25.7. The van der Waals surface area contributed by atoms with Crippen LogP contribution in [0.1, 0.15) is 25.0 Å². The molecule has 138 valence electrons. The minimum atomic E-state index is -0.418. The highest BCUT2D eigenvalue weighted by atomic mass is 19.1. The van der Waals surface area contributed by atoms with E-state index in [9.17, 15) is 4.39 Å². The molecule has 0 radical (unpaired) electrons. The van der Waals surface area contributed by atoms with Crippen LogP contribution in [0.2, 0.25) is 0 Å². The van der Waals surface area contributed by atoms with Gasteiger partial charge in [-0.25, -0.2) is 14.4 Å². The molecule has 2 fully saturated rings. The van der Waals surface area contributed by atoms with Gasteiger partial charge in [-0.3, -0.25) is 4.98 Å². The molecule has 0 aromatic carbocycles. The summed E-state index contributed by atoms with van der Waals surface area (Å²) in [4.78, 5) is 14.6. The second kappa shape index (κ2) is 7.63. The molecule has 7 heteroatoms. The van der Waals surface area contributed by atoms with Crippen LogP contribution in [0.4, 0.5) is 10.3 Å². The lowest BCUT2D eigenvalue weighted by molar-refractivity contribution is -0.101. The molecule has 1 spiro atoms. The Bertz CT molecular complexity index is 715. The standard InChI is InChI=1S/C19H23FN4O2/c20-16-10-22-18(23-11-16)24-8-9-26-19(14-24)6-3-4-15(19)12-25-13-17-5-1-2-7-21-17/h1-2,5,7,10-11,15H,3-4,6,8-9,12-14H2/t15-,19+/m0/s1. The summed E-state index contributed by atoms with van der Waals surface area (Å²) in [6, 6.07) is 5.83. The summed E-state index contributed by atoms with van der Waals surface area (Å²) in [5.74, 6) is 0.474. The van der Waals surface area contributed by atoms with Crippen LogP contribution >= 0.6 is 0 Å². The fourth-order valence-electron chi connectivity index (χ4n) is 3.98. The summed E-state index contributed by atoms with van der Waals surface area (Å²) in [5, 5.41) is 0. The third-order valence-corrected chi connectivity index (χ3v) is 5.29. The lowest BCUT2D eigenvalue weighted by Crippen LogP contribution is -2.55. The Morgan fingerprint density at radius 3 is 2.96 bits per heavy atom. The van der Waals surface area contributed by atoms with Crippen molar-refractivity contribution in [3.8, 4) is 0 Å². The van der Waals surface area contributed by atoms with Gasteiger partial charge in [0.2, 0.25) is 5.95 Å². The van der Waals surface area contributed by atoms with E-state index in [1.165, 1.54) is 12.4 Å². The maximum absolute atomic E-state index is 13.1. The van der Waals surface area contributed by atoms with Crippen LogP contribution in [0.3, 0.4) is 0 Å². The molecule has 2 aliphatic rings. The first-order valence-corrected chi connectivity index (χ1v) is 9.09. The molecule has 3 heterocycles. The molecule has 0 amide bonds. The van der Waals surface area contributed by atoms with Crippen LogP contribution in [0.25, 0.3) is 0 Å². The molecule has 2 atom stereocenters. The molecule has 2 aromatic rings. The van der Waals surface area contributed by atoms with Crippen molar-refractivity contribution in [2.24, 2.45) is 5.92 Å². The molecule has 1 aliphatic carbocycles. The van der Waals surface area contributed by atoms with Gasteiger partial charge in [-0.1, -0.05) is 12.5 Å². The molecule has 0 bridgehead atoms. The van der Waals surface area contributed by atoms with E-state index in [2.05, 4.69) is 19.9 Å². The first kappa shape index (κ1) is 17.3. The zero-order valence-electron chi connectivity index (χ0n) is 14.7. The van der Waals surface area contributed by atoms with Crippen LogP contribution in [0.15, 0.2) is 36.8 Å². The van der Waals surface area contributed by atoms with Gasteiger partial charge in [-0.05, 0) is 25.0 Å². The number of hydrogen-bond acceptors (Lipinski definition) is 6. The maximum Gasteiger partial charge on any atom is 0.225 e.